The molecular formula is C10H42O29S6. The Morgan fingerprint density at radius 3 is 0.467 bits per heavy atom. The molecule has 45 heavy (non-hydrogen) atoms. The minimum atomic E-state index is -4.67. The van der Waals surface area contributed by atoms with E-state index in [4.69, 9.17) is 56.7 Å². The summed E-state index contributed by atoms with van der Waals surface area (Å²) in [6.45, 7) is 0. The number of hydrogen-bond acceptors (Lipinski definition) is 22. The number of aliphatic hydroxyl groups excluding tert-OH is 5. The first-order valence-electron chi connectivity index (χ1n) is 8.34. The van der Waals surface area contributed by atoms with Crippen LogP contribution in [0.3, 0.4) is 0 Å². The van der Waals surface area contributed by atoms with E-state index in [2.05, 4.69) is 20.9 Å². The summed E-state index contributed by atoms with van der Waals surface area (Å²) in [5.74, 6) is -1.91. The van der Waals surface area contributed by atoms with Crippen LogP contribution in [-0.4, -0.2) is 179 Å². The number of rotatable bonds is 7. The molecule has 0 aliphatic rings. The molecule has 292 valence electrons. The van der Waals surface area contributed by atoms with Gasteiger partial charge in [0, 0.05) is 21.3 Å². The summed E-state index contributed by atoms with van der Waals surface area (Å²) in [6.07, 6.45) is 0. The van der Waals surface area contributed by atoms with Crippen molar-refractivity contribution in [2.24, 2.45) is 0 Å². The maximum atomic E-state index is 9.90. The van der Waals surface area contributed by atoms with Crippen molar-refractivity contribution < 1.29 is 131 Å². The molecule has 0 atom stereocenters. The molecule has 0 aliphatic carbocycles. The molecule has 0 saturated carbocycles. The molecule has 0 amide bonds. The summed E-state index contributed by atoms with van der Waals surface area (Å²) < 4.78 is 168. The maximum Gasteiger partial charge on any atom is 0.397 e. The van der Waals surface area contributed by atoms with E-state index >= 15 is 0 Å². The SMILES string of the molecule is CO.CO.CO.COS(=O)(=O)CO.COS(=O)(=O)CO.COS(=O)(=O)O.COS(=O)(=O)O.COS(=O)(=O)O.O.O.O=S(=O)(O)O. The molecule has 0 heterocycles. The fraction of sp³-hybridized carbons (Fsp3) is 1.00. The van der Waals surface area contributed by atoms with Gasteiger partial charge < -0.3 is 36.5 Å². The van der Waals surface area contributed by atoms with Gasteiger partial charge in [-0.3, -0.25) is 43.7 Å². The highest BCUT2D eigenvalue weighted by Gasteiger charge is 2.02. The Labute approximate surface area is 260 Å². The molecule has 29 nitrogen and oxygen atoms in total. The fourth-order valence-electron chi connectivity index (χ4n) is 0.105. The summed E-state index contributed by atoms with van der Waals surface area (Å²) in [5.41, 5.74) is 0. The summed E-state index contributed by atoms with van der Waals surface area (Å²) in [6, 6.07) is 0. The molecule has 0 fully saturated rings. The second-order valence-electron chi connectivity index (χ2n) is 3.94. The van der Waals surface area contributed by atoms with Crippen molar-refractivity contribution >= 4 is 61.8 Å². The van der Waals surface area contributed by atoms with Gasteiger partial charge in [0.1, 0.15) is 0 Å². The molecule has 0 unspecified atom stereocenters. The maximum absolute atomic E-state index is 9.90. The highest BCUT2D eigenvalue weighted by atomic mass is 32.3. The van der Waals surface area contributed by atoms with Crippen LogP contribution in [-0.2, 0) is 82.7 Å². The van der Waals surface area contributed by atoms with E-state index < -0.39 is 73.7 Å². The standard InChI is InChI=1S/2C2H6O4S.3CH4O4S.3CH4O.H2O4S.2H2O/c2*1-6-7(4,5)2-3;3*1-5-6(2,3)4;3*1-2;1-5(2,3)4;;/h2*3H,2H2,1H3;3*1H3,(H,2,3,4);3*2H,1H3;(H2,1,2,3,4);2*1H2. The number of hydrogen-bond donors (Lipinski definition) is 10. The summed E-state index contributed by atoms with van der Waals surface area (Å²) in [7, 11) is -16.8. The molecule has 0 aromatic rings. The lowest BCUT2D eigenvalue weighted by Gasteiger charge is -1.90. The van der Waals surface area contributed by atoms with Crippen LogP contribution in [0.25, 0.3) is 0 Å². The average molecular weight is 819 g/mol. The van der Waals surface area contributed by atoms with Gasteiger partial charge in [-0.05, 0) is 0 Å². The van der Waals surface area contributed by atoms with Gasteiger partial charge in [0.05, 0.1) is 35.5 Å². The van der Waals surface area contributed by atoms with E-state index in [0.717, 1.165) is 56.9 Å². The minimum absolute atomic E-state index is 0. The normalized spacial score (nSPS) is 10.0. The zero-order valence-electron chi connectivity index (χ0n) is 24.3. The van der Waals surface area contributed by atoms with Crippen LogP contribution in [0.5, 0.6) is 0 Å². The van der Waals surface area contributed by atoms with Crippen LogP contribution < -0.4 is 0 Å². The van der Waals surface area contributed by atoms with E-state index in [1.54, 1.807) is 0 Å². The first-order chi connectivity index (χ1) is 18.9. The highest BCUT2D eigenvalue weighted by Crippen LogP contribution is 1.83. The second kappa shape index (κ2) is 43.0. The van der Waals surface area contributed by atoms with Gasteiger partial charge in [0.15, 0.2) is 11.9 Å². The van der Waals surface area contributed by atoms with E-state index in [1.165, 1.54) is 0 Å². The first-order valence-corrected chi connectivity index (χ1v) is 17.0. The lowest BCUT2D eigenvalue weighted by molar-refractivity contribution is 0.315. The molecule has 0 rings (SSSR count). The minimum Gasteiger partial charge on any atom is -0.412 e. The van der Waals surface area contributed by atoms with E-state index in [1.807, 2.05) is 0 Å². The van der Waals surface area contributed by atoms with Crippen LogP contribution >= 0.6 is 0 Å². The third-order valence-electron chi connectivity index (χ3n) is 1.46. The van der Waals surface area contributed by atoms with Gasteiger partial charge in [-0.1, -0.05) is 0 Å². The third-order valence-corrected chi connectivity index (χ3v) is 4.37. The Hall–Kier alpha value is -0.980. The third kappa shape index (κ3) is 181. The van der Waals surface area contributed by atoms with Crippen molar-refractivity contribution in [1.29, 1.82) is 0 Å². The molecule has 0 aromatic carbocycles. The van der Waals surface area contributed by atoms with Gasteiger partial charge in [-0.15, -0.1) is 0 Å². The second-order valence-corrected chi connectivity index (χ2v) is 11.8. The summed E-state index contributed by atoms with van der Waals surface area (Å²) >= 11 is 0. The molecule has 0 spiro atoms. The summed E-state index contributed by atoms with van der Waals surface area (Å²) in [4.78, 5) is 0. The van der Waals surface area contributed by atoms with Gasteiger partial charge in [-0.25, -0.2) is 0 Å². The van der Waals surface area contributed by atoms with Gasteiger partial charge in [-0.2, -0.15) is 50.5 Å². The van der Waals surface area contributed by atoms with Crippen molar-refractivity contribution in [2.75, 3.05) is 68.8 Å². The van der Waals surface area contributed by atoms with Crippen molar-refractivity contribution in [3.05, 3.63) is 0 Å². The van der Waals surface area contributed by atoms with Crippen LogP contribution in [0.4, 0.5) is 0 Å². The molecule has 14 N–H and O–H groups in total. The van der Waals surface area contributed by atoms with Gasteiger partial charge >= 0.3 is 41.6 Å². The van der Waals surface area contributed by atoms with Crippen molar-refractivity contribution in [3.8, 4) is 0 Å². The summed E-state index contributed by atoms with van der Waals surface area (Å²) in [5, 5.41) is 36.8. The van der Waals surface area contributed by atoms with E-state index in [9.17, 15) is 42.1 Å². The van der Waals surface area contributed by atoms with Gasteiger partial charge in [0.2, 0.25) is 0 Å². The smallest absolute Gasteiger partial charge is 0.397 e. The molecule has 0 aromatic heterocycles. The Kier molecular flexibility index (Phi) is 71.4. The Morgan fingerprint density at radius 2 is 0.467 bits per heavy atom. The lowest BCUT2D eigenvalue weighted by Crippen LogP contribution is -2.05. The van der Waals surface area contributed by atoms with Crippen molar-refractivity contribution in [3.63, 3.8) is 0 Å². The van der Waals surface area contributed by atoms with Crippen molar-refractivity contribution in [2.45, 2.75) is 0 Å². The molecular weight excluding hydrogens is 776 g/mol. The predicted molar refractivity (Wildman–Crippen MR) is 148 cm³/mol. The first kappa shape index (κ1) is 74.7. The molecule has 0 aliphatic heterocycles. The van der Waals surface area contributed by atoms with Crippen LogP contribution in [0.15, 0.2) is 0 Å². The van der Waals surface area contributed by atoms with E-state index in [-0.39, 0.29) is 11.0 Å². The van der Waals surface area contributed by atoms with Crippen LogP contribution in [0, 0.1) is 0 Å². The van der Waals surface area contributed by atoms with Crippen LogP contribution in [0.2, 0.25) is 0 Å². The zero-order valence-corrected chi connectivity index (χ0v) is 29.2. The number of aliphatic hydroxyl groups is 5. The molecule has 0 saturated heterocycles. The predicted octanol–water partition coefficient (Wildman–Crippen LogP) is -7.35. The van der Waals surface area contributed by atoms with Crippen LogP contribution in [0.1, 0.15) is 0 Å². The highest BCUT2D eigenvalue weighted by molar-refractivity contribution is 7.86. The molecule has 0 radical (unpaired) electrons. The Balaban J connectivity index is -0.0000000329. The lowest BCUT2D eigenvalue weighted by atomic mass is 11.7. The van der Waals surface area contributed by atoms with Gasteiger partial charge in [0.25, 0.3) is 20.2 Å². The fourth-order valence-corrected chi connectivity index (χ4v) is 0.316. The van der Waals surface area contributed by atoms with E-state index in [0.29, 0.717) is 0 Å². The molecule has 35 heteroatoms. The average Bonchev–Trinajstić information content (AvgIpc) is 2.91. The zero-order chi connectivity index (χ0) is 37.9. The monoisotopic (exact) mass is 818 g/mol. The largest absolute Gasteiger partial charge is 0.412 e. The Bertz CT molecular complexity index is 1040. The Morgan fingerprint density at radius 1 is 0.378 bits per heavy atom. The van der Waals surface area contributed by atoms with Crippen molar-refractivity contribution in [1.82, 2.24) is 0 Å². The molecule has 0 bridgehead atoms. The quantitative estimate of drug-likeness (QED) is 0.0842. The topological polar surface area (TPSA) is 516 Å².